The van der Waals surface area contributed by atoms with Gasteiger partial charge in [0.15, 0.2) is 0 Å². The molecule has 5 aromatic heterocycles. The van der Waals surface area contributed by atoms with E-state index in [1.165, 1.54) is 207 Å². The van der Waals surface area contributed by atoms with Crippen molar-refractivity contribution in [3.05, 3.63) is 416 Å². The summed E-state index contributed by atoms with van der Waals surface area (Å²) in [6.07, 6.45) is 0.921. The quantitative estimate of drug-likeness (QED) is 0.164. The number of halogens is 1. The lowest BCUT2D eigenvalue weighted by atomic mass is 9.93. The first kappa shape index (κ1) is 65.2. The third kappa shape index (κ3) is 9.86. The van der Waals surface area contributed by atoms with Gasteiger partial charge in [0.2, 0.25) is 0 Å². The van der Waals surface area contributed by atoms with E-state index < -0.39 is 0 Å². The third-order valence-corrected chi connectivity index (χ3v) is 25.0. The lowest BCUT2D eigenvalue weighted by Gasteiger charge is -2.14. The average molecular weight is 1530 g/mol. The molecular formula is C109H68BrN5. The van der Waals surface area contributed by atoms with Crippen molar-refractivity contribution in [1.29, 1.82) is 0 Å². The molecule has 0 atom stereocenters. The molecular weight excluding hydrogens is 1460 g/mol. The highest BCUT2D eigenvalue weighted by molar-refractivity contribution is 9.10. The molecule has 0 N–H and O–H groups in total. The van der Waals surface area contributed by atoms with Crippen molar-refractivity contribution in [1.82, 2.24) is 22.8 Å². The lowest BCUT2D eigenvalue weighted by molar-refractivity contribution is 1.17. The number of para-hydroxylation sites is 5. The predicted molar refractivity (Wildman–Crippen MR) is 492 cm³/mol. The van der Waals surface area contributed by atoms with Crippen LogP contribution in [0.5, 0.6) is 0 Å². The zero-order chi connectivity index (χ0) is 75.5. The topological polar surface area (TPSA) is 24.6 Å². The Balaban J connectivity index is 0.000000123. The van der Waals surface area contributed by atoms with Crippen LogP contribution in [0.2, 0.25) is 0 Å². The summed E-state index contributed by atoms with van der Waals surface area (Å²) in [7, 11) is 0. The van der Waals surface area contributed by atoms with Gasteiger partial charge in [0.05, 0.1) is 55.2 Å². The van der Waals surface area contributed by atoms with Crippen molar-refractivity contribution in [2.45, 2.75) is 6.42 Å². The van der Waals surface area contributed by atoms with Crippen LogP contribution in [0.25, 0.3) is 213 Å². The van der Waals surface area contributed by atoms with Gasteiger partial charge in [-0.05, 0) is 182 Å². The second-order valence-electron chi connectivity index (χ2n) is 30.6. The minimum Gasteiger partial charge on any atom is -0.309 e. The van der Waals surface area contributed by atoms with E-state index in [4.69, 9.17) is 0 Å². The van der Waals surface area contributed by atoms with E-state index >= 15 is 0 Å². The van der Waals surface area contributed by atoms with Gasteiger partial charge in [-0.1, -0.05) is 301 Å². The van der Waals surface area contributed by atoms with Crippen molar-refractivity contribution in [3.63, 3.8) is 0 Å². The summed E-state index contributed by atoms with van der Waals surface area (Å²) in [4.78, 5) is 0. The molecule has 0 saturated carbocycles. The highest BCUT2D eigenvalue weighted by Crippen LogP contribution is 2.54. The molecule has 0 saturated heterocycles. The van der Waals surface area contributed by atoms with Crippen LogP contribution in [0, 0.1) is 0 Å². The average Bonchev–Trinajstić information content (AvgIpc) is 1.52. The second kappa shape index (κ2) is 25.8. The van der Waals surface area contributed by atoms with Crippen molar-refractivity contribution in [2.75, 3.05) is 0 Å². The molecule has 0 amide bonds. The fourth-order valence-electron chi connectivity index (χ4n) is 19.7. The number of rotatable bonds is 5. The molecule has 0 unspecified atom stereocenters. The van der Waals surface area contributed by atoms with Gasteiger partial charge in [-0.25, -0.2) is 0 Å². The van der Waals surface area contributed by atoms with Crippen LogP contribution in [0.3, 0.4) is 0 Å². The maximum absolute atomic E-state index is 3.31. The van der Waals surface area contributed by atoms with Crippen LogP contribution in [0.15, 0.2) is 405 Å². The summed E-state index contributed by atoms with van der Waals surface area (Å²) in [5.74, 6) is 0. The number of benzene rings is 20. The number of hydrogen-bond acceptors (Lipinski definition) is 0. The number of aromatic nitrogens is 5. The molecule has 20 aromatic carbocycles. The maximum Gasteiger partial charge on any atom is 0.0627 e. The Hall–Kier alpha value is -14.6. The minimum absolute atomic E-state index is 0.921. The van der Waals surface area contributed by atoms with E-state index in [1.54, 1.807) is 0 Å². The molecule has 5 nitrogen and oxygen atoms in total. The SMILES string of the molecule is Brc1ccccc1.c1ccc(-n2c3c4ccccc4ccc3c3c4c(c5ccccc5c32)Cc2ccc(-n3c5ccccc5c5cc6ccccc6cc53)cc2-4)cc1.c1ccc(-n2c3ccc(-n4c5ccccc5c5cc6ccccc6cc54)cc3c3c4c5ccc6ccccc6c5n(-c5ccccc5)c4c4ccccc4c32)cc1. The Morgan fingerprint density at radius 1 is 0.191 bits per heavy atom. The number of fused-ring (bicyclic) bond motifs is 32. The summed E-state index contributed by atoms with van der Waals surface area (Å²) in [5.41, 5.74) is 23.7. The molecule has 25 aromatic rings. The summed E-state index contributed by atoms with van der Waals surface area (Å²) in [6, 6.07) is 147. The summed E-state index contributed by atoms with van der Waals surface area (Å²) < 4.78 is 13.7. The standard InChI is InChI=1S/C54H33N3.C49H30N2.C6H5Br/c1-3-18-37(19-4-1)56-48-30-28-39(55-47-26-14-13-23-41(47)45-31-35-16-7-8-17-36(35)32-49(45)55)33-46(48)51-50-44-29-27-34-15-9-10-22-40(34)52(44)57(38-20-5-2-6-21-38)54(50)43-25-12-11-24-42(43)53(51)56;1-2-15-34(16-3-1)51-48-36-17-7-6-12-30(36)23-25-40(48)47-46-41-29-35(24-22-33(41)27-43(46)37-18-8-9-20-39(37)49(47)51)50-44-21-11-10-19-38(44)42-26-31-13-4-5-14-32(31)28-45(42)50;7-6-4-2-1-3-5-6/h1-33H;1-26,28-29H,27H2;1-5H. The van der Waals surface area contributed by atoms with E-state index in [2.05, 4.69) is 409 Å². The maximum atomic E-state index is 3.31. The first-order valence-corrected chi connectivity index (χ1v) is 40.4. The van der Waals surface area contributed by atoms with Crippen LogP contribution in [0.1, 0.15) is 11.1 Å². The highest BCUT2D eigenvalue weighted by atomic mass is 79.9. The fourth-order valence-corrected chi connectivity index (χ4v) is 20.0. The van der Waals surface area contributed by atoms with Crippen LogP contribution < -0.4 is 0 Å². The van der Waals surface area contributed by atoms with Gasteiger partial charge < -0.3 is 22.8 Å². The van der Waals surface area contributed by atoms with Crippen LogP contribution in [-0.2, 0) is 6.42 Å². The van der Waals surface area contributed by atoms with Crippen molar-refractivity contribution in [2.24, 2.45) is 0 Å². The van der Waals surface area contributed by atoms with Gasteiger partial charge in [-0.3, -0.25) is 0 Å². The third-order valence-electron chi connectivity index (χ3n) is 24.5. The molecule has 6 heteroatoms. The molecule has 0 fully saturated rings. The normalized spacial score (nSPS) is 12.2. The van der Waals surface area contributed by atoms with Crippen LogP contribution >= 0.6 is 15.9 Å². The van der Waals surface area contributed by atoms with E-state index in [1.807, 2.05) is 30.3 Å². The summed E-state index contributed by atoms with van der Waals surface area (Å²) in [5, 5.41) is 27.9. The second-order valence-corrected chi connectivity index (χ2v) is 31.6. The van der Waals surface area contributed by atoms with Gasteiger partial charge in [-0.2, -0.15) is 0 Å². The van der Waals surface area contributed by atoms with Crippen molar-refractivity contribution >= 4 is 190 Å². The van der Waals surface area contributed by atoms with E-state index in [0.717, 1.165) is 28.0 Å². The first-order chi connectivity index (χ1) is 57.0. The number of nitrogens with zero attached hydrogens (tertiary/aromatic N) is 5. The Labute approximate surface area is 669 Å². The molecule has 0 radical (unpaired) electrons. The zero-order valence-corrected chi connectivity index (χ0v) is 64.0. The Morgan fingerprint density at radius 2 is 0.557 bits per heavy atom. The van der Waals surface area contributed by atoms with Gasteiger partial charge in [0.25, 0.3) is 0 Å². The smallest absolute Gasteiger partial charge is 0.0627 e. The number of hydrogen-bond donors (Lipinski definition) is 0. The van der Waals surface area contributed by atoms with Gasteiger partial charge in [0, 0.05) is 114 Å². The Bertz CT molecular complexity index is 8370. The minimum atomic E-state index is 0.921. The Kier molecular flexibility index (Phi) is 14.6. The molecule has 26 rings (SSSR count). The van der Waals surface area contributed by atoms with Gasteiger partial charge in [0.1, 0.15) is 0 Å². The van der Waals surface area contributed by atoms with Crippen molar-refractivity contribution < 1.29 is 0 Å². The summed E-state index contributed by atoms with van der Waals surface area (Å²) in [6.45, 7) is 0. The lowest BCUT2D eigenvalue weighted by Crippen LogP contribution is -1.97. The fraction of sp³-hybridized carbons (Fsp3) is 0.00917. The highest BCUT2D eigenvalue weighted by Gasteiger charge is 2.31. The molecule has 0 spiro atoms. The van der Waals surface area contributed by atoms with E-state index in [-0.39, 0.29) is 0 Å². The van der Waals surface area contributed by atoms with Gasteiger partial charge in [-0.15, -0.1) is 0 Å². The molecule has 5 heterocycles. The van der Waals surface area contributed by atoms with Crippen LogP contribution in [0.4, 0.5) is 0 Å². The molecule has 1 aliphatic carbocycles. The Morgan fingerprint density at radius 3 is 1.06 bits per heavy atom. The first-order valence-electron chi connectivity index (χ1n) is 39.6. The largest absolute Gasteiger partial charge is 0.309 e. The van der Waals surface area contributed by atoms with Crippen molar-refractivity contribution in [3.8, 4) is 39.6 Å². The monoisotopic (exact) mass is 1530 g/mol. The molecule has 0 bridgehead atoms. The zero-order valence-electron chi connectivity index (χ0n) is 62.4. The molecule has 1 aliphatic rings. The van der Waals surface area contributed by atoms with E-state index in [9.17, 15) is 0 Å². The van der Waals surface area contributed by atoms with E-state index in [0.29, 0.717) is 0 Å². The summed E-state index contributed by atoms with van der Waals surface area (Å²) >= 11 is 3.31. The van der Waals surface area contributed by atoms with Gasteiger partial charge >= 0.3 is 0 Å². The molecule has 0 aliphatic heterocycles. The van der Waals surface area contributed by atoms with Crippen LogP contribution in [-0.4, -0.2) is 22.8 Å². The predicted octanol–water partition coefficient (Wildman–Crippen LogP) is 29.8. The molecule has 536 valence electrons. The molecule has 115 heavy (non-hydrogen) atoms.